The lowest BCUT2D eigenvalue weighted by Gasteiger charge is -2.47. The van der Waals surface area contributed by atoms with Gasteiger partial charge in [-0.2, -0.15) is 0 Å². The van der Waals surface area contributed by atoms with Crippen LogP contribution in [-0.4, -0.2) is 112 Å². The zero-order chi connectivity index (χ0) is 21.9. The number of aliphatic hydroxyl groups excluding tert-OH is 4. The summed E-state index contributed by atoms with van der Waals surface area (Å²) in [5.41, 5.74) is 0. The molecule has 2 aliphatic heterocycles. The SMILES string of the molecule is CCC1OC(CO)C(O)C(OC2OC(C(=O)O)C(OC)C(O)C2O)C1NC(C)=O. The van der Waals surface area contributed by atoms with Crippen LogP contribution in [0.2, 0.25) is 0 Å². The molecular weight excluding hydrogens is 394 g/mol. The molecule has 2 saturated heterocycles. The summed E-state index contributed by atoms with van der Waals surface area (Å²) in [6, 6.07) is -0.883. The Kier molecular flexibility index (Phi) is 8.31. The Labute approximate surface area is 167 Å². The van der Waals surface area contributed by atoms with Crippen LogP contribution in [0.5, 0.6) is 0 Å². The predicted molar refractivity (Wildman–Crippen MR) is 93.6 cm³/mol. The molecule has 168 valence electrons. The van der Waals surface area contributed by atoms with Crippen LogP contribution in [0.4, 0.5) is 0 Å². The van der Waals surface area contributed by atoms with E-state index in [0.717, 1.165) is 7.11 Å². The Morgan fingerprint density at radius 2 is 1.69 bits per heavy atom. The summed E-state index contributed by atoms with van der Waals surface area (Å²) in [7, 11) is 1.16. The Bertz CT molecular complexity index is 576. The van der Waals surface area contributed by atoms with Gasteiger partial charge in [-0.15, -0.1) is 0 Å². The molecule has 0 bridgehead atoms. The van der Waals surface area contributed by atoms with E-state index in [1.54, 1.807) is 6.92 Å². The van der Waals surface area contributed by atoms with Crippen molar-refractivity contribution in [3.05, 3.63) is 0 Å². The maximum atomic E-state index is 11.6. The van der Waals surface area contributed by atoms with Gasteiger partial charge in [-0.1, -0.05) is 6.92 Å². The summed E-state index contributed by atoms with van der Waals surface area (Å²) >= 11 is 0. The van der Waals surface area contributed by atoms with Crippen molar-refractivity contribution in [3.63, 3.8) is 0 Å². The van der Waals surface area contributed by atoms with Crippen molar-refractivity contribution in [2.24, 2.45) is 0 Å². The molecule has 29 heavy (non-hydrogen) atoms. The molecule has 12 heteroatoms. The Morgan fingerprint density at radius 3 is 2.17 bits per heavy atom. The van der Waals surface area contributed by atoms with Crippen LogP contribution in [-0.2, 0) is 28.5 Å². The van der Waals surface area contributed by atoms with Gasteiger partial charge in [0.15, 0.2) is 12.4 Å². The van der Waals surface area contributed by atoms with E-state index in [1.807, 2.05) is 0 Å². The molecule has 0 aromatic carbocycles. The van der Waals surface area contributed by atoms with Gasteiger partial charge in [-0.05, 0) is 6.42 Å². The number of aliphatic hydroxyl groups is 4. The highest BCUT2D eigenvalue weighted by atomic mass is 16.7. The van der Waals surface area contributed by atoms with Crippen LogP contribution < -0.4 is 5.32 Å². The van der Waals surface area contributed by atoms with Crippen molar-refractivity contribution in [2.75, 3.05) is 13.7 Å². The van der Waals surface area contributed by atoms with Crippen molar-refractivity contribution in [2.45, 2.75) is 81.4 Å². The van der Waals surface area contributed by atoms with Crippen molar-refractivity contribution in [1.82, 2.24) is 5.32 Å². The van der Waals surface area contributed by atoms with Gasteiger partial charge in [0.05, 0.1) is 18.8 Å². The second-order valence-corrected chi connectivity index (χ2v) is 7.07. The van der Waals surface area contributed by atoms with E-state index in [4.69, 9.17) is 18.9 Å². The number of rotatable bonds is 7. The molecular formula is C17H29NO11. The number of hydrogen-bond acceptors (Lipinski definition) is 10. The number of amides is 1. The molecule has 0 aliphatic carbocycles. The van der Waals surface area contributed by atoms with E-state index in [-0.39, 0.29) is 0 Å². The third-order valence-electron chi connectivity index (χ3n) is 5.13. The zero-order valence-electron chi connectivity index (χ0n) is 16.4. The lowest BCUT2D eigenvalue weighted by Crippen LogP contribution is -2.67. The fraction of sp³-hybridized carbons (Fsp3) is 0.882. The molecule has 0 spiro atoms. The van der Waals surface area contributed by atoms with Crippen LogP contribution in [0.15, 0.2) is 0 Å². The van der Waals surface area contributed by atoms with Gasteiger partial charge in [0.2, 0.25) is 5.91 Å². The summed E-state index contributed by atoms with van der Waals surface area (Å²) in [5.74, 6) is -1.88. The summed E-state index contributed by atoms with van der Waals surface area (Å²) < 4.78 is 21.5. The van der Waals surface area contributed by atoms with Gasteiger partial charge in [-0.3, -0.25) is 4.79 Å². The van der Waals surface area contributed by atoms with Crippen molar-refractivity contribution >= 4 is 11.9 Å². The lowest BCUT2D eigenvalue weighted by molar-refractivity contribution is -0.328. The fourth-order valence-corrected chi connectivity index (χ4v) is 3.67. The first-order valence-corrected chi connectivity index (χ1v) is 9.30. The number of carboxylic acid groups (broad SMARTS) is 1. The van der Waals surface area contributed by atoms with Crippen LogP contribution >= 0.6 is 0 Å². The van der Waals surface area contributed by atoms with Crippen LogP contribution in [0.3, 0.4) is 0 Å². The van der Waals surface area contributed by atoms with E-state index in [0.29, 0.717) is 6.42 Å². The number of carbonyl (C=O) groups excluding carboxylic acids is 1. The predicted octanol–water partition coefficient (Wildman–Crippen LogP) is -3.05. The van der Waals surface area contributed by atoms with E-state index < -0.39 is 79.6 Å². The second-order valence-electron chi connectivity index (χ2n) is 7.07. The Balaban J connectivity index is 2.30. The molecule has 12 nitrogen and oxygen atoms in total. The van der Waals surface area contributed by atoms with Crippen LogP contribution in [0.25, 0.3) is 0 Å². The first-order valence-electron chi connectivity index (χ1n) is 9.30. The standard InChI is InChI=1S/C17H29NO11/c1-4-7-9(18-6(2)20)13(10(21)8(5-19)27-7)28-17-12(23)11(22)14(26-3)15(29-17)16(24)25/h7-15,17,19,21-23H,4-5H2,1-3H3,(H,18,20)(H,24,25). The number of aliphatic carboxylic acids is 1. The number of hydrogen-bond donors (Lipinski definition) is 6. The minimum Gasteiger partial charge on any atom is -0.479 e. The number of methoxy groups -OCH3 is 1. The largest absolute Gasteiger partial charge is 0.479 e. The van der Waals surface area contributed by atoms with Crippen LogP contribution in [0, 0.1) is 0 Å². The van der Waals surface area contributed by atoms with Gasteiger partial charge in [-0.25, -0.2) is 4.79 Å². The molecule has 1 amide bonds. The number of carbonyl (C=O) groups is 2. The minimum atomic E-state index is -1.70. The van der Waals surface area contributed by atoms with E-state index in [9.17, 15) is 35.1 Å². The van der Waals surface area contributed by atoms with E-state index in [2.05, 4.69) is 5.32 Å². The van der Waals surface area contributed by atoms with Crippen molar-refractivity contribution in [1.29, 1.82) is 0 Å². The summed E-state index contributed by atoms with van der Waals surface area (Å²) in [4.78, 5) is 23.1. The third kappa shape index (κ3) is 5.03. The quantitative estimate of drug-likeness (QED) is 0.244. The highest BCUT2D eigenvalue weighted by Crippen LogP contribution is 2.30. The molecule has 6 N–H and O–H groups in total. The highest BCUT2D eigenvalue weighted by molar-refractivity contribution is 5.73. The van der Waals surface area contributed by atoms with Gasteiger partial charge in [0.25, 0.3) is 0 Å². The molecule has 0 radical (unpaired) electrons. The molecule has 10 atom stereocenters. The van der Waals surface area contributed by atoms with Gasteiger partial charge in [0.1, 0.15) is 36.6 Å². The maximum absolute atomic E-state index is 11.6. The first kappa shape index (κ1) is 23.9. The first-order chi connectivity index (χ1) is 13.7. The number of nitrogens with one attached hydrogen (secondary N) is 1. The number of carboxylic acids is 1. The minimum absolute atomic E-state index is 0.397. The van der Waals surface area contributed by atoms with Crippen molar-refractivity contribution < 1.29 is 54.1 Å². The molecule has 0 aromatic heterocycles. The molecule has 2 fully saturated rings. The topological polar surface area (TPSA) is 184 Å². The third-order valence-corrected chi connectivity index (χ3v) is 5.13. The smallest absolute Gasteiger partial charge is 0.335 e. The molecule has 2 rings (SSSR count). The number of ether oxygens (including phenoxy) is 4. The highest BCUT2D eigenvalue weighted by Gasteiger charge is 2.52. The monoisotopic (exact) mass is 423 g/mol. The average molecular weight is 423 g/mol. The Morgan fingerprint density at radius 1 is 1.03 bits per heavy atom. The summed E-state index contributed by atoms with van der Waals surface area (Å²) in [6.45, 7) is 2.49. The zero-order valence-corrected chi connectivity index (χ0v) is 16.4. The summed E-state index contributed by atoms with van der Waals surface area (Å²) in [6.07, 6.45) is -11.9. The van der Waals surface area contributed by atoms with Crippen molar-refractivity contribution in [3.8, 4) is 0 Å². The van der Waals surface area contributed by atoms with E-state index >= 15 is 0 Å². The molecule has 2 heterocycles. The average Bonchev–Trinajstić information content (AvgIpc) is 2.67. The molecule has 0 saturated carbocycles. The van der Waals surface area contributed by atoms with Crippen LogP contribution in [0.1, 0.15) is 20.3 Å². The van der Waals surface area contributed by atoms with E-state index in [1.165, 1.54) is 6.92 Å². The molecule has 2 aliphatic rings. The lowest BCUT2D eigenvalue weighted by atomic mass is 9.90. The molecule has 0 aromatic rings. The Hall–Kier alpha value is -1.38. The van der Waals surface area contributed by atoms with Gasteiger partial charge >= 0.3 is 5.97 Å². The molecule has 10 unspecified atom stereocenters. The normalized spacial score (nSPS) is 43.0. The van der Waals surface area contributed by atoms with Gasteiger partial charge < -0.3 is 49.8 Å². The summed E-state index contributed by atoms with van der Waals surface area (Å²) in [5, 5.41) is 52.6. The van der Waals surface area contributed by atoms with Gasteiger partial charge in [0, 0.05) is 14.0 Å². The maximum Gasteiger partial charge on any atom is 0.335 e. The second kappa shape index (κ2) is 10.1. The fourth-order valence-electron chi connectivity index (χ4n) is 3.67.